The number of aryl methyl sites for hydroxylation is 1. The van der Waals surface area contributed by atoms with Crippen molar-refractivity contribution in [3.05, 3.63) is 5.01 Å². The van der Waals surface area contributed by atoms with Crippen LogP contribution in [-0.2, 0) is 0 Å². The van der Waals surface area contributed by atoms with Gasteiger partial charge in [-0.25, -0.2) is 0 Å². The number of alkyl halides is 1. The van der Waals surface area contributed by atoms with Gasteiger partial charge in [0, 0.05) is 11.9 Å². The van der Waals surface area contributed by atoms with Gasteiger partial charge in [0.2, 0.25) is 5.13 Å². The molecule has 1 rings (SSSR count). The van der Waals surface area contributed by atoms with Crippen LogP contribution in [0.25, 0.3) is 0 Å². The van der Waals surface area contributed by atoms with E-state index in [-0.39, 0.29) is 6.04 Å². The second-order valence-corrected chi connectivity index (χ2v) is 3.82. The van der Waals surface area contributed by atoms with Crippen molar-refractivity contribution in [2.45, 2.75) is 19.9 Å². The molecule has 0 amide bonds. The number of hydrogen-bond acceptors (Lipinski definition) is 4. The summed E-state index contributed by atoms with van der Waals surface area (Å²) in [5, 5.41) is 12.7. The van der Waals surface area contributed by atoms with Gasteiger partial charge in [0.1, 0.15) is 5.01 Å². The van der Waals surface area contributed by atoms with E-state index in [0.29, 0.717) is 5.88 Å². The van der Waals surface area contributed by atoms with Gasteiger partial charge < -0.3 is 5.32 Å². The third-order valence-corrected chi connectivity index (χ3v) is 2.36. The molecule has 3 nitrogen and oxygen atoms in total. The lowest BCUT2D eigenvalue weighted by molar-refractivity contribution is 0.893. The minimum atomic E-state index is 0.254. The Labute approximate surface area is 74.8 Å². The molecular formula is C6H10ClN3S. The summed E-state index contributed by atoms with van der Waals surface area (Å²) in [6.07, 6.45) is 0. The van der Waals surface area contributed by atoms with Crippen LogP contribution in [0.2, 0.25) is 0 Å². The highest BCUT2D eigenvalue weighted by Crippen LogP contribution is 2.14. The van der Waals surface area contributed by atoms with Crippen LogP contribution >= 0.6 is 22.9 Å². The first-order valence-electron chi connectivity index (χ1n) is 3.35. The summed E-state index contributed by atoms with van der Waals surface area (Å²) < 4.78 is 0. The summed E-state index contributed by atoms with van der Waals surface area (Å²) in [5.41, 5.74) is 0. The maximum absolute atomic E-state index is 5.60. The molecule has 1 N–H and O–H groups in total. The quantitative estimate of drug-likeness (QED) is 0.742. The number of halogens is 1. The molecule has 1 aromatic heterocycles. The maximum Gasteiger partial charge on any atom is 0.205 e. The Morgan fingerprint density at radius 1 is 1.64 bits per heavy atom. The molecule has 0 saturated carbocycles. The predicted octanol–water partition coefficient (Wildman–Crippen LogP) is 1.89. The van der Waals surface area contributed by atoms with Crippen LogP contribution in [0.15, 0.2) is 0 Å². The Morgan fingerprint density at radius 2 is 2.36 bits per heavy atom. The van der Waals surface area contributed by atoms with Crippen molar-refractivity contribution in [3.63, 3.8) is 0 Å². The first-order valence-corrected chi connectivity index (χ1v) is 4.70. The fourth-order valence-corrected chi connectivity index (χ4v) is 1.38. The Kier molecular flexibility index (Phi) is 3.08. The molecule has 0 aliphatic heterocycles. The molecule has 1 unspecified atom stereocenters. The number of aromatic nitrogens is 2. The van der Waals surface area contributed by atoms with E-state index in [1.807, 2.05) is 13.8 Å². The molecule has 0 bridgehead atoms. The second kappa shape index (κ2) is 3.88. The Bertz CT molecular complexity index is 225. The molecule has 62 valence electrons. The van der Waals surface area contributed by atoms with Crippen molar-refractivity contribution in [2.75, 3.05) is 11.2 Å². The molecule has 1 heterocycles. The largest absolute Gasteiger partial charge is 0.356 e. The van der Waals surface area contributed by atoms with Crippen LogP contribution < -0.4 is 5.32 Å². The van der Waals surface area contributed by atoms with Crippen LogP contribution in [0.5, 0.6) is 0 Å². The smallest absolute Gasteiger partial charge is 0.205 e. The van der Waals surface area contributed by atoms with E-state index in [9.17, 15) is 0 Å². The molecule has 0 aromatic carbocycles. The molecule has 1 atom stereocenters. The van der Waals surface area contributed by atoms with E-state index in [0.717, 1.165) is 10.1 Å². The van der Waals surface area contributed by atoms with Crippen LogP contribution in [0.3, 0.4) is 0 Å². The molecular weight excluding hydrogens is 182 g/mol. The molecule has 0 saturated heterocycles. The van der Waals surface area contributed by atoms with E-state index < -0.39 is 0 Å². The van der Waals surface area contributed by atoms with Gasteiger partial charge in [-0.2, -0.15) is 0 Å². The fourth-order valence-electron chi connectivity index (χ4n) is 0.604. The summed E-state index contributed by atoms with van der Waals surface area (Å²) >= 11 is 7.14. The minimum Gasteiger partial charge on any atom is -0.356 e. The van der Waals surface area contributed by atoms with Gasteiger partial charge in [0.15, 0.2) is 0 Å². The standard InChI is InChI=1S/C6H10ClN3S/c1-4(3-7)8-6-10-9-5(2)11-6/h4H,3H2,1-2H3,(H,8,10). The van der Waals surface area contributed by atoms with E-state index in [4.69, 9.17) is 11.6 Å². The van der Waals surface area contributed by atoms with E-state index >= 15 is 0 Å². The van der Waals surface area contributed by atoms with E-state index in [1.54, 1.807) is 0 Å². The Morgan fingerprint density at radius 3 is 2.82 bits per heavy atom. The van der Waals surface area contributed by atoms with Gasteiger partial charge >= 0.3 is 0 Å². The van der Waals surface area contributed by atoms with Crippen molar-refractivity contribution in [3.8, 4) is 0 Å². The summed E-state index contributed by atoms with van der Waals surface area (Å²) in [7, 11) is 0. The zero-order valence-corrected chi connectivity index (χ0v) is 8.04. The Hall–Kier alpha value is -0.350. The molecule has 5 heteroatoms. The van der Waals surface area contributed by atoms with Crippen molar-refractivity contribution in [2.24, 2.45) is 0 Å². The van der Waals surface area contributed by atoms with Crippen LogP contribution in [0.1, 0.15) is 11.9 Å². The lowest BCUT2D eigenvalue weighted by Gasteiger charge is -2.06. The van der Waals surface area contributed by atoms with Crippen molar-refractivity contribution < 1.29 is 0 Å². The van der Waals surface area contributed by atoms with Crippen molar-refractivity contribution in [1.29, 1.82) is 0 Å². The number of hydrogen-bond donors (Lipinski definition) is 1. The minimum absolute atomic E-state index is 0.254. The maximum atomic E-state index is 5.60. The van der Waals surface area contributed by atoms with E-state index in [2.05, 4.69) is 15.5 Å². The highest BCUT2D eigenvalue weighted by molar-refractivity contribution is 7.15. The number of rotatable bonds is 3. The lowest BCUT2D eigenvalue weighted by atomic mass is 10.4. The van der Waals surface area contributed by atoms with E-state index in [1.165, 1.54) is 11.3 Å². The summed E-state index contributed by atoms with van der Waals surface area (Å²) in [4.78, 5) is 0. The molecule has 1 aromatic rings. The third-order valence-electron chi connectivity index (χ3n) is 1.13. The molecule has 0 aliphatic carbocycles. The van der Waals surface area contributed by atoms with Gasteiger partial charge in [-0.3, -0.25) is 0 Å². The predicted molar refractivity (Wildman–Crippen MR) is 48.5 cm³/mol. The van der Waals surface area contributed by atoms with Gasteiger partial charge in [-0.05, 0) is 13.8 Å². The SMILES string of the molecule is Cc1nnc(NC(C)CCl)s1. The van der Waals surface area contributed by atoms with Gasteiger partial charge in [0.25, 0.3) is 0 Å². The highest BCUT2D eigenvalue weighted by Gasteiger charge is 2.03. The normalized spacial score (nSPS) is 13.0. The summed E-state index contributed by atoms with van der Waals surface area (Å²) in [6, 6.07) is 0.254. The van der Waals surface area contributed by atoms with Crippen LogP contribution in [0.4, 0.5) is 5.13 Å². The molecule has 0 aliphatic rings. The zero-order chi connectivity index (χ0) is 8.27. The number of nitrogens with zero attached hydrogens (tertiary/aromatic N) is 2. The summed E-state index contributed by atoms with van der Waals surface area (Å²) in [6.45, 7) is 3.93. The molecule has 0 spiro atoms. The topological polar surface area (TPSA) is 37.8 Å². The fraction of sp³-hybridized carbons (Fsp3) is 0.667. The number of anilines is 1. The molecule has 11 heavy (non-hydrogen) atoms. The Balaban J connectivity index is 2.50. The van der Waals surface area contributed by atoms with Gasteiger partial charge in [0.05, 0.1) is 0 Å². The average molecular weight is 192 g/mol. The monoisotopic (exact) mass is 191 g/mol. The van der Waals surface area contributed by atoms with Crippen molar-refractivity contribution in [1.82, 2.24) is 10.2 Å². The molecule has 0 radical (unpaired) electrons. The average Bonchev–Trinajstić information content (AvgIpc) is 2.35. The first kappa shape index (κ1) is 8.74. The lowest BCUT2D eigenvalue weighted by Crippen LogP contribution is -2.16. The van der Waals surface area contributed by atoms with Crippen LogP contribution in [-0.4, -0.2) is 22.1 Å². The second-order valence-electron chi connectivity index (χ2n) is 2.33. The first-order chi connectivity index (χ1) is 5.22. The van der Waals surface area contributed by atoms with Crippen LogP contribution in [0, 0.1) is 6.92 Å². The van der Waals surface area contributed by atoms with Gasteiger partial charge in [-0.15, -0.1) is 21.8 Å². The number of nitrogens with one attached hydrogen (secondary N) is 1. The highest BCUT2D eigenvalue weighted by atomic mass is 35.5. The zero-order valence-electron chi connectivity index (χ0n) is 6.47. The van der Waals surface area contributed by atoms with Crippen molar-refractivity contribution >= 4 is 28.1 Å². The molecule has 0 fully saturated rings. The third kappa shape index (κ3) is 2.63. The summed E-state index contributed by atoms with van der Waals surface area (Å²) in [5.74, 6) is 0.582. The van der Waals surface area contributed by atoms with Gasteiger partial charge in [-0.1, -0.05) is 11.3 Å².